The molecule has 1 aromatic heterocycles. The molecule has 0 aliphatic rings. The van der Waals surface area contributed by atoms with Gasteiger partial charge in [-0.3, -0.25) is 4.68 Å². The number of nitrogens with one attached hydrogen (secondary N) is 1. The van der Waals surface area contributed by atoms with E-state index in [1.54, 1.807) is 18.9 Å². The molecule has 0 bridgehead atoms. The van der Waals surface area contributed by atoms with Gasteiger partial charge in [-0.2, -0.15) is 5.10 Å². The van der Waals surface area contributed by atoms with Gasteiger partial charge in [0, 0.05) is 18.8 Å². The summed E-state index contributed by atoms with van der Waals surface area (Å²) in [6, 6.07) is 10.6. The molecule has 1 heterocycles. The van der Waals surface area contributed by atoms with Gasteiger partial charge in [-0.15, -0.1) is 11.8 Å². The fourth-order valence-corrected chi connectivity index (χ4v) is 3.27. The van der Waals surface area contributed by atoms with Gasteiger partial charge in [0.15, 0.2) is 0 Å². The first-order valence-electron chi connectivity index (χ1n) is 6.58. The van der Waals surface area contributed by atoms with E-state index in [9.17, 15) is 0 Å². The summed E-state index contributed by atoms with van der Waals surface area (Å²) in [5.74, 6) is 1.84. The molecule has 0 aliphatic heterocycles. The van der Waals surface area contributed by atoms with Crippen molar-refractivity contribution in [2.45, 2.75) is 18.0 Å². The largest absolute Gasteiger partial charge is 0.497 e. The summed E-state index contributed by atoms with van der Waals surface area (Å²) < 4.78 is 7.21. The maximum absolute atomic E-state index is 5.29. The third-order valence-electron chi connectivity index (χ3n) is 3.20. The smallest absolute Gasteiger partial charge is 0.119 e. The van der Waals surface area contributed by atoms with Crippen LogP contribution in [0.2, 0.25) is 0 Å². The van der Waals surface area contributed by atoms with Crippen molar-refractivity contribution in [2.75, 3.05) is 19.9 Å². The normalized spacial score (nSPS) is 12.4. The lowest BCUT2D eigenvalue weighted by Crippen LogP contribution is -2.18. The maximum Gasteiger partial charge on any atom is 0.119 e. The van der Waals surface area contributed by atoms with E-state index in [0.29, 0.717) is 0 Å². The highest BCUT2D eigenvalue weighted by Gasteiger charge is 2.12. The van der Waals surface area contributed by atoms with Crippen LogP contribution in [0.15, 0.2) is 35.4 Å². The van der Waals surface area contributed by atoms with Crippen molar-refractivity contribution in [3.63, 3.8) is 0 Å². The van der Waals surface area contributed by atoms with Crippen LogP contribution in [-0.2, 0) is 7.05 Å². The van der Waals surface area contributed by atoms with Crippen molar-refractivity contribution in [2.24, 2.45) is 7.05 Å². The molecule has 0 fully saturated rings. The van der Waals surface area contributed by atoms with Gasteiger partial charge in [-0.25, -0.2) is 0 Å². The van der Waals surface area contributed by atoms with Gasteiger partial charge in [0.2, 0.25) is 0 Å². The highest BCUT2D eigenvalue weighted by Crippen LogP contribution is 2.26. The molecular formula is C15H21N3OS. The Hall–Kier alpha value is -1.46. The SMILES string of the molecule is CNC(CSc1cc(C)nn1C)c1cccc(OC)c1. The minimum absolute atomic E-state index is 0.283. The number of benzene rings is 1. The van der Waals surface area contributed by atoms with Gasteiger partial charge in [-0.05, 0) is 37.7 Å². The molecule has 0 radical (unpaired) electrons. The average molecular weight is 291 g/mol. The van der Waals surface area contributed by atoms with Crippen LogP contribution in [-0.4, -0.2) is 29.7 Å². The van der Waals surface area contributed by atoms with E-state index in [0.717, 1.165) is 17.2 Å². The van der Waals surface area contributed by atoms with Gasteiger partial charge < -0.3 is 10.1 Å². The summed E-state index contributed by atoms with van der Waals surface area (Å²) in [6.45, 7) is 2.02. The lowest BCUT2D eigenvalue weighted by Gasteiger charge is -2.17. The predicted octanol–water partition coefficient (Wildman–Crippen LogP) is 2.79. The molecule has 2 rings (SSSR count). The van der Waals surface area contributed by atoms with Crippen molar-refractivity contribution in [1.29, 1.82) is 0 Å². The Labute approximate surface area is 124 Å². The number of thioether (sulfide) groups is 1. The van der Waals surface area contributed by atoms with Crippen LogP contribution in [0.25, 0.3) is 0 Å². The van der Waals surface area contributed by atoms with Crippen LogP contribution < -0.4 is 10.1 Å². The highest BCUT2D eigenvalue weighted by atomic mass is 32.2. The van der Waals surface area contributed by atoms with Gasteiger partial charge in [0.25, 0.3) is 0 Å². The number of methoxy groups -OCH3 is 1. The third kappa shape index (κ3) is 3.55. The molecule has 0 spiro atoms. The molecule has 2 aromatic rings. The average Bonchev–Trinajstić information content (AvgIpc) is 2.78. The van der Waals surface area contributed by atoms with Crippen LogP contribution >= 0.6 is 11.8 Å². The third-order valence-corrected chi connectivity index (χ3v) is 4.38. The van der Waals surface area contributed by atoms with E-state index in [1.165, 1.54) is 10.6 Å². The molecule has 108 valence electrons. The van der Waals surface area contributed by atoms with Crippen LogP contribution in [0.1, 0.15) is 17.3 Å². The fraction of sp³-hybridized carbons (Fsp3) is 0.400. The van der Waals surface area contributed by atoms with Crippen LogP contribution in [0.4, 0.5) is 0 Å². The second-order valence-electron chi connectivity index (χ2n) is 4.68. The monoisotopic (exact) mass is 291 g/mol. The van der Waals surface area contributed by atoms with Crippen LogP contribution in [0.5, 0.6) is 5.75 Å². The minimum Gasteiger partial charge on any atom is -0.497 e. The van der Waals surface area contributed by atoms with Crippen LogP contribution in [0.3, 0.4) is 0 Å². The second-order valence-corrected chi connectivity index (χ2v) is 5.72. The number of ether oxygens (including phenoxy) is 1. The standard InChI is InChI=1S/C15H21N3OS/c1-11-8-15(18(3)17-11)20-10-14(16-2)12-6-5-7-13(9-12)19-4/h5-9,14,16H,10H2,1-4H3. The maximum atomic E-state index is 5.29. The quantitative estimate of drug-likeness (QED) is 0.831. The molecule has 0 saturated heterocycles. The van der Waals surface area contributed by atoms with E-state index in [4.69, 9.17) is 4.74 Å². The zero-order valence-electron chi connectivity index (χ0n) is 12.4. The van der Waals surface area contributed by atoms with Crippen molar-refractivity contribution in [3.05, 3.63) is 41.6 Å². The zero-order chi connectivity index (χ0) is 14.5. The lowest BCUT2D eigenvalue weighted by atomic mass is 10.1. The summed E-state index contributed by atoms with van der Waals surface area (Å²) in [7, 11) is 5.66. The summed E-state index contributed by atoms with van der Waals surface area (Å²) in [5.41, 5.74) is 2.29. The summed E-state index contributed by atoms with van der Waals surface area (Å²) in [5, 5.41) is 8.92. The van der Waals surface area contributed by atoms with Gasteiger partial charge in [-0.1, -0.05) is 12.1 Å². The van der Waals surface area contributed by atoms with E-state index in [1.807, 2.05) is 37.8 Å². The number of rotatable bonds is 6. The van der Waals surface area contributed by atoms with Gasteiger partial charge >= 0.3 is 0 Å². The van der Waals surface area contributed by atoms with Gasteiger partial charge in [0.05, 0.1) is 17.8 Å². The minimum atomic E-state index is 0.283. The molecule has 1 aromatic carbocycles. The molecule has 0 amide bonds. The van der Waals surface area contributed by atoms with E-state index < -0.39 is 0 Å². The topological polar surface area (TPSA) is 39.1 Å². The predicted molar refractivity (Wildman–Crippen MR) is 83.5 cm³/mol. The summed E-state index contributed by atoms with van der Waals surface area (Å²) in [4.78, 5) is 0. The molecule has 1 N–H and O–H groups in total. The van der Waals surface area contributed by atoms with Crippen molar-refractivity contribution < 1.29 is 4.74 Å². The van der Waals surface area contributed by atoms with E-state index in [2.05, 4.69) is 28.6 Å². The molecule has 0 saturated carbocycles. The Morgan fingerprint density at radius 1 is 1.40 bits per heavy atom. The summed E-state index contributed by atoms with van der Waals surface area (Å²) >= 11 is 1.81. The molecule has 0 aliphatic carbocycles. The number of aryl methyl sites for hydroxylation is 2. The Morgan fingerprint density at radius 2 is 2.20 bits per heavy atom. The van der Waals surface area contributed by atoms with E-state index in [-0.39, 0.29) is 6.04 Å². The molecule has 1 atom stereocenters. The first-order chi connectivity index (χ1) is 9.63. The van der Waals surface area contributed by atoms with Crippen molar-refractivity contribution in [3.8, 4) is 5.75 Å². The highest BCUT2D eigenvalue weighted by molar-refractivity contribution is 7.99. The Balaban J connectivity index is 2.07. The molecule has 4 nitrogen and oxygen atoms in total. The zero-order valence-corrected chi connectivity index (χ0v) is 13.2. The molecular weight excluding hydrogens is 270 g/mol. The first-order valence-corrected chi connectivity index (χ1v) is 7.57. The number of hydrogen-bond acceptors (Lipinski definition) is 4. The Kier molecular flexibility index (Phi) is 5.09. The molecule has 20 heavy (non-hydrogen) atoms. The Morgan fingerprint density at radius 3 is 2.80 bits per heavy atom. The summed E-state index contributed by atoms with van der Waals surface area (Å²) in [6.07, 6.45) is 0. The second kappa shape index (κ2) is 6.81. The number of hydrogen-bond donors (Lipinski definition) is 1. The number of aromatic nitrogens is 2. The van der Waals surface area contributed by atoms with Crippen molar-refractivity contribution >= 4 is 11.8 Å². The van der Waals surface area contributed by atoms with Gasteiger partial charge in [0.1, 0.15) is 5.75 Å². The van der Waals surface area contributed by atoms with Crippen LogP contribution in [0, 0.1) is 6.92 Å². The molecule has 1 unspecified atom stereocenters. The first kappa shape index (κ1) is 14.9. The van der Waals surface area contributed by atoms with Crippen molar-refractivity contribution in [1.82, 2.24) is 15.1 Å². The number of nitrogens with zero attached hydrogens (tertiary/aromatic N) is 2. The lowest BCUT2D eigenvalue weighted by molar-refractivity contribution is 0.413. The Bertz CT molecular complexity index is 568. The fourth-order valence-electron chi connectivity index (χ4n) is 2.10. The van der Waals surface area contributed by atoms with E-state index >= 15 is 0 Å². The molecule has 5 heteroatoms.